The topological polar surface area (TPSA) is 100 Å². The molecular formula is C22H17FN4O3. The van der Waals surface area contributed by atoms with E-state index in [0.717, 1.165) is 5.56 Å². The number of hydrogen-bond acceptors (Lipinski definition) is 4. The first-order chi connectivity index (χ1) is 14.5. The molecule has 0 aliphatic heterocycles. The molecule has 7 nitrogen and oxygen atoms in total. The monoisotopic (exact) mass is 404 g/mol. The summed E-state index contributed by atoms with van der Waals surface area (Å²) >= 11 is 0. The predicted molar refractivity (Wildman–Crippen MR) is 110 cm³/mol. The normalized spacial score (nSPS) is 10.6. The quantitative estimate of drug-likeness (QED) is 0.452. The van der Waals surface area contributed by atoms with Crippen molar-refractivity contribution in [2.24, 2.45) is 0 Å². The van der Waals surface area contributed by atoms with E-state index < -0.39 is 17.6 Å². The van der Waals surface area contributed by atoms with Gasteiger partial charge in [0, 0.05) is 11.3 Å². The van der Waals surface area contributed by atoms with E-state index in [-0.39, 0.29) is 5.69 Å². The molecule has 4 rings (SSSR count). The van der Waals surface area contributed by atoms with Gasteiger partial charge in [-0.2, -0.15) is 5.10 Å². The van der Waals surface area contributed by atoms with Gasteiger partial charge < -0.3 is 15.1 Å². The van der Waals surface area contributed by atoms with Gasteiger partial charge in [0.2, 0.25) is 0 Å². The zero-order chi connectivity index (χ0) is 21.1. The zero-order valence-corrected chi connectivity index (χ0v) is 15.9. The minimum Gasteiger partial charge on any atom is -0.469 e. The number of benzene rings is 2. The maximum Gasteiger partial charge on any atom is 0.259 e. The summed E-state index contributed by atoms with van der Waals surface area (Å²) in [4.78, 5) is 25.1. The van der Waals surface area contributed by atoms with Crippen molar-refractivity contribution in [3.63, 3.8) is 0 Å². The number of nitrogens with zero attached hydrogens (tertiary/aromatic N) is 1. The molecular weight excluding hydrogens is 387 g/mol. The second kappa shape index (κ2) is 8.04. The summed E-state index contributed by atoms with van der Waals surface area (Å²) in [6.07, 6.45) is 2.80. The Morgan fingerprint density at radius 3 is 2.50 bits per heavy atom. The summed E-state index contributed by atoms with van der Waals surface area (Å²) in [7, 11) is 0. The van der Waals surface area contributed by atoms with Crippen molar-refractivity contribution in [2.45, 2.75) is 6.92 Å². The fourth-order valence-electron chi connectivity index (χ4n) is 2.99. The van der Waals surface area contributed by atoms with Gasteiger partial charge >= 0.3 is 0 Å². The number of halogens is 1. The summed E-state index contributed by atoms with van der Waals surface area (Å²) in [6, 6.07) is 14.7. The van der Waals surface area contributed by atoms with Gasteiger partial charge in [0.1, 0.15) is 11.6 Å². The third-order valence-electron chi connectivity index (χ3n) is 4.52. The molecule has 3 N–H and O–H groups in total. The van der Waals surface area contributed by atoms with Crippen LogP contribution in [0, 0.1) is 12.7 Å². The molecule has 0 aliphatic carbocycles. The number of aromatic nitrogens is 2. The first kappa shape index (κ1) is 19.1. The molecule has 2 heterocycles. The highest BCUT2D eigenvalue weighted by Crippen LogP contribution is 2.24. The molecule has 0 atom stereocenters. The van der Waals surface area contributed by atoms with Crippen molar-refractivity contribution >= 4 is 23.2 Å². The standard InChI is InChI=1S/C22H17FN4O3/c1-13-16(9-10-30-13)21(28)26-19-11-15(7-8-18(19)23)25-22(29)17-12-24-27-20(17)14-5-3-2-4-6-14/h2-12H,1H3,(H,24,27)(H,25,29)(H,26,28). The van der Waals surface area contributed by atoms with Crippen molar-refractivity contribution in [1.29, 1.82) is 0 Å². The van der Waals surface area contributed by atoms with Crippen LogP contribution in [-0.2, 0) is 0 Å². The third-order valence-corrected chi connectivity index (χ3v) is 4.52. The van der Waals surface area contributed by atoms with Crippen molar-refractivity contribution < 1.29 is 18.4 Å². The highest BCUT2D eigenvalue weighted by molar-refractivity contribution is 6.09. The van der Waals surface area contributed by atoms with Gasteiger partial charge in [0.05, 0.1) is 35.0 Å². The molecule has 0 saturated heterocycles. The second-order valence-electron chi connectivity index (χ2n) is 6.52. The van der Waals surface area contributed by atoms with Crippen molar-refractivity contribution in [1.82, 2.24) is 10.2 Å². The first-order valence-electron chi connectivity index (χ1n) is 9.08. The highest BCUT2D eigenvalue weighted by atomic mass is 19.1. The van der Waals surface area contributed by atoms with E-state index in [9.17, 15) is 14.0 Å². The lowest BCUT2D eigenvalue weighted by Crippen LogP contribution is -2.15. The largest absolute Gasteiger partial charge is 0.469 e. The van der Waals surface area contributed by atoms with E-state index in [1.54, 1.807) is 6.92 Å². The Bertz CT molecular complexity index is 1210. The first-order valence-corrected chi connectivity index (χ1v) is 9.08. The summed E-state index contributed by atoms with van der Waals surface area (Å²) in [5, 5.41) is 12.0. The summed E-state index contributed by atoms with van der Waals surface area (Å²) in [5.74, 6) is -1.14. The molecule has 30 heavy (non-hydrogen) atoms. The molecule has 2 amide bonds. The van der Waals surface area contributed by atoms with E-state index >= 15 is 0 Å². The Morgan fingerprint density at radius 1 is 1.00 bits per heavy atom. The third kappa shape index (κ3) is 3.83. The van der Waals surface area contributed by atoms with Crippen molar-refractivity contribution in [2.75, 3.05) is 10.6 Å². The lowest BCUT2D eigenvalue weighted by molar-refractivity contribution is 0.101. The van der Waals surface area contributed by atoms with E-state index in [4.69, 9.17) is 4.42 Å². The molecule has 2 aromatic carbocycles. The number of nitrogens with one attached hydrogen (secondary N) is 3. The van der Waals surface area contributed by atoms with Crippen LogP contribution >= 0.6 is 0 Å². The molecule has 0 bridgehead atoms. The zero-order valence-electron chi connectivity index (χ0n) is 15.9. The molecule has 0 radical (unpaired) electrons. The van der Waals surface area contributed by atoms with Crippen LogP contribution in [0.25, 0.3) is 11.3 Å². The number of hydrogen-bond donors (Lipinski definition) is 3. The van der Waals surface area contributed by atoms with Crippen LogP contribution in [0.5, 0.6) is 0 Å². The number of carbonyl (C=O) groups is 2. The maximum absolute atomic E-state index is 14.2. The van der Waals surface area contributed by atoms with Gasteiger partial charge in [-0.15, -0.1) is 0 Å². The number of aromatic amines is 1. The van der Waals surface area contributed by atoms with Crippen LogP contribution in [0.2, 0.25) is 0 Å². The van der Waals surface area contributed by atoms with E-state index in [1.165, 1.54) is 36.7 Å². The van der Waals surface area contributed by atoms with Gasteiger partial charge in [0.25, 0.3) is 11.8 Å². The van der Waals surface area contributed by atoms with Gasteiger partial charge in [0.15, 0.2) is 0 Å². The van der Waals surface area contributed by atoms with Crippen molar-refractivity contribution in [3.05, 3.63) is 89.8 Å². The Morgan fingerprint density at radius 2 is 1.77 bits per heavy atom. The fourth-order valence-corrected chi connectivity index (χ4v) is 2.99. The summed E-state index contributed by atoms with van der Waals surface area (Å²) in [6.45, 7) is 1.64. The number of furan rings is 1. The average molecular weight is 404 g/mol. The van der Waals surface area contributed by atoms with Gasteiger partial charge in [-0.3, -0.25) is 14.7 Å². The van der Waals surface area contributed by atoms with E-state index in [2.05, 4.69) is 20.8 Å². The van der Waals surface area contributed by atoms with E-state index in [0.29, 0.717) is 28.3 Å². The SMILES string of the molecule is Cc1occc1C(=O)Nc1cc(NC(=O)c2cn[nH]c2-c2ccccc2)ccc1F. The fraction of sp³-hybridized carbons (Fsp3) is 0.0455. The van der Waals surface area contributed by atoms with Crippen LogP contribution in [0.15, 0.2) is 71.5 Å². The molecule has 0 fully saturated rings. The second-order valence-corrected chi connectivity index (χ2v) is 6.52. The summed E-state index contributed by atoms with van der Waals surface area (Å²) in [5.41, 5.74) is 2.27. The predicted octanol–water partition coefficient (Wildman–Crippen LogP) is 4.62. The van der Waals surface area contributed by atoms with Gasteiger partial charge in [-0.25, -0.2) is 4.39 Å². The maximum atomic E-state index is 14.2. The van der Waals surface area contributed by atoms with E-state index in [1.807, 2.05) is 30.3 Å². The lowest BCUT2D eigenvalue weighted by Gasteiger charge is -2.10. The highest BCUT2D eigenvalue weighted by Gasteiger charge is 2.17. The number of anilines is 2. The van der Waals surface area contributed by atoms with Crippen molar-refractivity contribution in [3.8, 4) is 11.3 Å². The summed E-state index contributed by atoms with van der Waals surface area (Å²) < 4.78 is 19.3. The number of H-pyrrole nitrogens is 1. The lowest BCUT2D eigenvalue weighted by atomic mass is 10.1. The number of carbonyl (C=O) groups excluding carboxylic acids is 2. The molecule has 150 valence electrons. The van der Waals surface area contributed by atoms with Crippen LogP contribution in [0.1, 0.15) is 26.5 Å². The smallest absolute Gasteiger partial charge is 0.259 e. The Balaban J connectivity index is 1.54. The Labute approximate surface area is 170 Å². The van der Waals surface area contributed by atoms with Crippen LogP contribution < -0.4 is 10.6 Å². The number of amides is 2. The van der Waals surface area contributed by atoms with Gasteiger partial charge in [-0.1, -0.05) is 30.3 Å². The molecule has 0 unspecified atom stereocenters. The van der Waals surface area contributed by atoms with Crippen LogP contribution in [0.3, 0.4) is 0 Å². The molecule has 4 aromatic rings. The Hall–Kier alpha value is -4.20. The average Bonchev–Trinajstić information content (AvgIpc) is 3.40. The molecule has 0 saturated carbocycles. The minimum atomic E-state index is -0.629. The van der Waals surface area contributed by atoms with Crippen LogP contribution in [-0.4, -0.2) is 22.0 Å². The minimum absolute atomic E-state index is 0.0612. The molecule has 8 heteroatoms. The molecule has 0 spiro atoms. The van der Waals surface area contributed by atoms with Gasteiger partial charge in [-0.05, 0) is 31.2 Å². The molecule has 0 aliphatic rings. The Kier molecular flexibility index (Phi) is 5.13. The number of rotatable bonds is 5. The number of aryl methyl sites for hydroxylation is 1. The van der Waals surface area contributed by atoms with Crippen LogP contribution in [0.4, 0.5) is 15.8 Å². The molecule has 2 aromatic heterocycles.